The molecule has 35 heavy (non-hydrogen) atoms. The van der Waals surface area contributed by atoms with Gasteiger partial charge in [-0.3, -0.25) is 4.90 Å². The summed E-state index contributed by atoms with van der Waals surface area (Å²) in [5.74, 6) is 1.74. The van der Waals surface area contributed by atoms with Gasteiger partial charge in [0.2, 0.25) is 5.95 Å². The highest BCUT2D eigenvalue weighted by molar-refractivity contribution is 5.83. The zero-order chi connectivity index (χ0) is 23.6. The van der Waals surface area contributed by atoms with Gasteiger partial charge >= 0.3 is 0 Å². The van der Waals surface area contributed by atoms with E-state index in [1.807, 2.05) is 18.5 Å². The van der Waals surface area contributed by atoms with Crippen LogP contribution in [-0.4, -0.2) is 75.5 Å². The summed E-state index contributed by atoms with van der Waals surface area (Å²) >= 11 is 0. The van der Waals surface area contributed by atoms with Crippen molar-refractivity contribution in [3.8, 4) is 11.1 Å². The van der Waals surface area contributed by atoms with Crippen LogP contribution >= 0.6 is 0 Å². The van der Waals surface area contributed by atoms with Crippen molar-refractivity contribution in [3.63, 3.8) is 0 Å². The molecule has 0 aliphatic carbocycles. The molecule has 0 radical (unpaired) electrons. The lowest BCUT2D eigenvalue weighted by molar-refractivity contribution is 0.0679. The quantitative estimate of drug-likeness (QED) is 0.464. The van der Waals surface area contributed by atoms with Gasteiger partial charge in [0, 0.05) is 57.3 Å². The number of imidazole rings is 1. The maximum Gasteiger partial charge on any atom is 0.225 e. The van der Waals surface area contributed by atoms with E-state index >= 15 is 0 Å². The van der Waals surface area contributed by atoms with E-state index in [1.165, 1.54) is 5.56 Å². The predicted octanol–water partition coefficient (Wildman–Crippen LogP) is 3.12. The molecule has 2 aromatic carbocycles. The Kier molecular flexibility index (Phi) is 6.16. The molecule has 8 nitrogen and oxygen atoms in total. The molecule has 4 aromatic rings. The van der Waals surface area contributed by atoms with Gasteiger partial charge < -0.3 is 19.3 Å². The van der Waals surface area contributed by atoms with Gasteiger partial charge in [0.25, 0.3) is 0 Å². The molecule has 180 valence electrons. The van der Waals surface area contributed by atoms with Crippen molar-refractivity contribution in [2.24, 2.45) is 0 Å². The molecular formula is C27H30N6O2. The van der Waals surface area contributed by atoms with Gasteiger partial charge in [0.15, 0.2) is 0 Å². The topological polar surface area (TPSA) is 79.5 Å². The number of hydrogen-bond acceptors (Lipinski definition) is 7. The molecular weight excluding hydrogens is 440 g/mol. The lowest BCUT2D eigenvalue weighted by Crippen LogP contribution is -2.47. The molecule has 1 saturated heterocycles. The minimum Gasteiger partial charge on any atom is -0.396 e. The molecule has 0 unspecified atom stereocenters. The largest absolute Gasteiger partial charge is 0.396 e. The van der Waals surface area contributed by atoms with Crippen molar-refractivity contribution in [2.45, 2.75) is 19.1 Å². The first-order valence-corrected chi connectivity index (χ1v) is 12.3. The molecule has 1 atom stereocenters. The SMILES string of the molecule is OCCCN1CCN(c2ncc(-c3ccc4nc5n(c4c3)[C@@H](c3ccccc3)COC5)cn2)CC1. The number of aliphatic hydroxyl groups excluding tert-OH is 1. The number of ether oxygens (including phenoxy) is 1. The van der Waals surface area contributed by atoms with Crippen LogP contribution in [0.2, 0.25) is 0 Å². The van der Waals surface area contributed by atoms with Gasteiger partial charge in [-0.15, -0.1) is 0 Å². The molecule has 0 saturated carbocycles. The molecule has 0 bridgehead atoms. The molecule has 4 heterocycles. The highest BCUT2D eigenvalue weighted by atomic mass is 16.5. The van der Waals surface area contributed by atoms with Crippen LogP contribution in [0.4, 0.5) is 5.95 Å². The first-order valence-electron chi connectivity index (χ1n) is 12.3. The monoisotopic (exact) mass is 470 g/mol. The summed E-state index contributed by atoms with van der Waals surface area (Å²) < 4.78 is 8.20. The standard InChI is InChI=1S/C27H30N6O2/c34-14-4-9-31-10-12-32(13-11-31)27-28-16-22(17-29-27)21-7-8-23-24(15-21)33-25(18-35-19-26(33)30-23)20-5-2-1-3-6-20/h1-3,5-8,15-17,25,34H,4,9-14,18-19H2/t25-/m1/s1. The summed E-state index contributed by atoms with van der Waals surface area (Å²) in [5, 5.41) is 9.05. The number of nitrogens with zero attached hydrogens (tertiary/aromatic N) is 6. The number of fused-ring (bicyclic) bond motifs is 3. The van der Waals surface area contributed by atoms with E-state index in [9.17, 15) is 0 Å². The zero-order valence-electron chi connectivity index (χ0n) is 19.8. The average molecular weight is 471 g/mol. The Morgan fingerprint density at radius 3 is 2.51 bits per heavy atom. The Balaban J connectivity index is 1.25. The average Bonchev–Trinajstić information content (AvgIpc) is 3.31. The van der Waals surface area contributed by atoms with Gasteiger partial charge in [-0.1, -0.05) is 36.4 Å². The fraction of sp³-hybridized carbons (Fsp3) is 0.370. The van der Waals surface area contributed by atoms with Gasteiger partial charge in [-0.2, -0.15) is 0 Å². The number of aromatic nitrogens is 4. The van der Waals surface area contributed by atoms with Crippen LogP contribution in [0.3, 0.4) is 0 Å². The van der Waals surface area contributed by atoms with Crippen molar-refractivity contribution in [1.29, 1.82) is 0 Å². The van der Waals surface area contributed by atoms with Crippen LogP contribution in [0, 0.1) is 0 Å². The van der Waals surface area contributed by atoms with Crippen molar-refractivity contribution < 1.29 is 9.84 Å². The van der Waals surface area contributed by atoms with E-state index in [-0.39, 0.29) is 12.6 Å². The Labute approximate surface area is 204 Å². The summed E-state index contributed by atoms with van der Waals surface area (Å²) in [5.41, 5.74) is 5.39. The van der Waals surface area contributed by atoms with E-state index in [1.54, 1.807) is 0 Å². The molecule has 0 amide bonds. The number of piperazine rings is 1. The lowest BCUT2D eigenvalue weighted by atomic mass is 10.1. The van der Waals surface area contributed by atoms with Crippen molar-refractivity contribution in [2.75, 3.05) is 50.8 Å². The molecule has 0 spiro atoms. The minimum atomic E-state index is 0.106. The molecule has 2 aliphatic heterocycles. The van der Waals surface area contributed by atoms with Crippen LogP contribution in [0.25, 0.3) is 22.2 Å². The number of anilines is 1. The molecule has 2 aromatic heterocycles. The smallest absolute Gasteiger partial charge is 0.225 e. The second-order valence-corrected chi connectivity index (χ2v) is 9.22. The summed E-state index contributed by atoms with van der Waals surface area (Å²) in [7, 11) is 0. The minimum absolute atomic E-state index is 0.106. The van der Waals surface area contributed by atoms with Crippen LogP contribution in [0.5, 0.6) is 0 Å². The van der Waals surface area contributed by atoms with Crippen molar-refractivity contribution >= 4 is 17.0 Å². The Bertz CT molecular complexity index is 1280. The molecule has 2 aliphatic rings. The van der Waals surface area contributed by atoms with Crippen molar-refractivity contribution in [1.82, 2.24) is 24.4 Å². The summed E-state index contributed by atoms with van der Waals surface area (Å²) in [6.45, 7) is 6.11. The van der Waals surface area contributed by atoms with E-state index in [0.29, 0.717) is 13.2 Å². The normalized spacial score (nSPS) is 18.7. The fourth-order valence-electron chi connectivity index (χ4n) is 5.13. The van der Waals surface area contributed by atoms with Gasteiger partial charge in [-0.25, -0.2) is 15.0 Å². The third kappa shape index (κ3) is 4.40. The molecule has 1 fully saturated rings. The maximum absolute atomic E-state index is 9.05. The van der Waals surface area contributed by atoms with Gasteiger partial charge in [-0.05, 0) is 29.7 Å². The zero-order valence-corrected chi connectivity index (χ0v) is 19.8. The maximum atomic E-state index is 9.05. The summed E-state index contributed by atoms with van der Waals surface area (Å²) in [6.07, 6.45) is 4.68. The van der Waals surface area contributed by atoms with Crippen LogP contribution < -0.4 is 4.90 Å². The second kappa shape index (κ2) is 9.73. The second-order valence-electron chi connectivity index (χ2n) is 9.22. The van der Waals surface area contributed by atoms with Crippen LogP contribution in [0.1, 0.15) is 23.9 Å². The Morgan fingerprint density at radius 2 is 1.74 bits per heavy atom. The third-order valence-corrected chi connectivity index (χ3v) is 7.02. The van der Waals surface area contributed by atoms with E-state index < -0.39 is 0 Å². The summed E-state index contributed by atoms with van der Waals surface area (Å²) in [4.78, 5) is 18.9. The fourth-order valence-corrected chi connectivity index (χ4v) is 5.13. The van der Waals surface area contributed by atoms with Crippen LogP contribution in [0.15, 0.2) is 60.9 Å². The number of benzene rings is 2. The van der Waals surface area contributed by atoms with Gasteiger partial charge in [0.1, 0.15) is 12.4 Å². The highest BCUT2D eigenvalue weighted by Gasteiger charge is 2.25. The summed E-state index contributed by atoms with van der Waals surface area (Å²) in [6, 6.07) is 17.0. The molecule has 1 N–H and O–H groups in total. The van der Waals surface area contributed by atoms with E-state index in [0.717, 1.165) is 73.1 Å². The first kappa shape index (κ1) is 22.2. The predicted molar refractivity (Wildman–Crippen MR) is 135 cm³/mol. The number of aliphatic hydroxyl groups is 1. The number of hydrogen-bond donors (Lipinski definition) is 1. The molecule has 6 rings (SSSR count). The lowest BCUT2D eigenvalue weighted by Gasteiger charge is -2.34. The van der Waals surface area contributed by atoms with Crippen molar-refractivity contribution in [3.05, 3.63) is 72.3 Å². The molecule has 8 heteroatoms. The van der Waals surface area contributed by atoms with E-state index in [4.69, 9.17) is 24.8 Å². The highest BCUT2D eigenvalue weighted by Crippen LogP contribution is 2.32. The van der Waals surface area contributed by atoms with Crippen LogP contribution in [-0.2, 0) is 11.3 Å². The third-order valence-electron chi connectivity index (χ3n) is 7.02. The number of rotatable bonds is 6. The Hall–Kier alpha value is -3.33. The Morgan fingerprint density at radius 1 is 0.943 bits per heavy atom. The van der Waals surface area contributed by atoms with Gasteiger partial charge in [0.05, 0.1) is 23.7 Å². The van der Waals surface area contributed by atoms with E-state index in [2.05, 4.69) is 56.8 Å². The first-order chi connectivity index (χ1) is 17.3.